The number of hydrogen-bond donors (Lipinski definition) is 1. The van der Waals surface area contributed by atoms with Crippen molar-refractivity contribution in [2.24, 2.45) is 5.92 Å². The Bertz CT molecular complexity index is 478. The van der Waals surface area contributed by atoms with Gasteiger partial charge in [0.1, 0.15) is 0 Å². The summed E-state index contributed by atoms with van der Waals surface area (Å²) >= 11 is 0. The molecule has 2 nitrogen and oxygen atoms in total. The molecule has 1 aromatic carbocycles. The average molecular weight is 242 g/mol. The molecule has 2 aliphatic heterocycles. The van der Waals surface area contributed by atoms with Gasteiger partial charge in [-0.05, 0) is 30.5 Å². The number of hydrogen-bond acceptors (Lipinski definition) is 2. The maximum atomic E-state index is 4.28. The van der Waals surface area contributed by atoms with Crippen LogP contribution in [0.4, 0.5) is 5.69 Å². The van der Waals surface area contributed by atoms with E-state index >= 15 is 0 Å². The molecule has 96 valence electrons. The molecule has 0 aliphatic carbocycles. The van der Waals surface area contributed by atoms with E-state index in [0.29, 0.717) is 0 Å². The van der Waals surface area contributed by atoms with Crippen LogP contribution in [0.5, 0.6) is 0 Å². The van der Waals surface area contributed by atoms with Crippen LogP contribution in [-0.2, 0) is 5.41 Å². The molecule has 1 unspecified atom stereocenters. The monoisotopic (exact) mass is 242 g/mol. The fourth-order valence-electron chi connectivity index (χ4n) is 3.48. The lowest BCUT2D eigenvalue weighted by Crippen LogP contribution is -2.32. The number of anilines is 1. The number of nitrogens with zero attached hydrogens (tertiary/aromatic N) is 1. The fraction of sp³-hybridized carbons (Fsp3) is 0.500. The van der Waals surface area contributed by atoms with Crippen molar-refractivity contribution in [1.82, 2.24) is 4.90 Å². The molecule has 1 fully saturated rings. The number of benzene rings is 1. The minimum Gasteiger partial charge on any atom is -0.358 e. The zero-order valence-electron chi connectivity index (χ0n) is 11.4. The number of nitrogens with one attached hydrogen (secondary N) is 1. The van der Waals surface area contributed by atoms with Crippen molar-refractivity contribution in [3.05, 3.63) is 42.1 Å². The lowest BCUT2D eigenvalue weighted by atomic mass is 9.79. The molecule has 2 heterocycles. The van der Waals surface area contributed by atoms with Crippen LogP contribution < -0.4 is 5.32 Å². The van der Waals surface area contributed by atoms with Gasteiger partial charge in [-0.15, -0.1) is 0 Å². The van der Waals surface area contributed by atoms with E-state index in [0.717, 1.165) is 12.5 Å². The quantitative estimate of drug-likeness (QED) is 0.856. The molecule has 0 radical (unpaired) electrons. The molecule has 18 heavy (non-hydrogen) atoms. The number of rotatable bonds is 2. The van der Waals surface area contributed by atoms with Gasteiger partial charge >= 0.3 is 0 Å². The molecule has 2 heteroatoms. The first-order valence-electron chi connectivity index (χ1n) is 6.90. The van der Waals surface area contributed by atoms with E-state index < -0.39 is 0 Å². The topological polar surface area (TPSA) is 15.3 Å². The molecule has 0 aromatic heterocycles. The van der Waals surface area contributed by atoms with E-state index in [1.165, 1.54) is 36.5 Å². The minimum absolute atomic E-state index is 0.158. The maximum Gasteiger partial charge on any atom is 0.0506 e. The van der Waals surface area contributed by atoms with Crippen molar-refractivity contribution >= 4 is 5.69 Å². The van der Waals surface area contributed by atoms with Crippen LogP contribution >= 0.6 is 0 Å². The van der Waals surface area contributed by atoms with Crippen LogP contribution in [0.1, 0.15) is 25.8 Å². The van der Waals surface area contributed by atoms with Gasteiger partial charge in [0.25, 0.3) is 0 Å². The second-order valence-electron chi connectivity index (χ2n) is 6.11. The molecule has 1 atom stereocenters. The lowest BCUT2D eigenvalue weighted by Gasteiger charge is -2.26. The minimum atomic E-state index is 0.158. The van der Waals surface area contributed by atoms with Gasteiger partial charge in [-0.2, -0.15) is 0 Å². The van der Waals surface area contributed by atoms with Crippen molar-refractivity contribution < 1.29 is 0 Å². The van der Waals surface area contributed by atoms with Crippen LogP contribution in [0.2, 0.25) is 0 Å². The smallest absolute Gasteiger partial charge is 0.0506 e. The summed E-state index contributed by atoms with van der Waals surface area (Å²) in [4.78, 5) is 2.58. The van der Waals surface area contributed by atoms with Crippen molar-refractivity contribution in [1.29, 1.82) is 0 Å². The molecule has 1 spiro atoms. The van der Waals surface area contributed by atoms with Crippen molar-refractivity contribution in [2.75, 3.05) is 25.0 Å². The fourth-order valence-corrected chi connectivity index (χ4v) is 3.48. The number of likely N-dealkylation sites (tertiary alicyclic amines) is 1. The predicted molar refractivity (Wildman–Crippen MR) is 76.8 cm³/mol. The van der Waals surface area contributed by atoms with Gasteiger partial charge in [-0.3, -0.25) is 0 Å². The Labute approximate surface area is 110 Å². The molecule has 1 saturated heterocycles. The Morgan fingerprint density at radius 1 is 1.39 bits per heavy atom. The van der Waals surface area contributed by atoms with Crippen LogP contribution in [0.25, 0.3) is 0 Å². The van der Waals surface area contributed by atoms with Gasteiger partial charge in [0.05, 0.1) is 5.41 Å². The second-order valence-corrected chi connectivity index (χ2v) is 6.11. The molecule has 2 aliphatic rings. The molecule has 1 N–H and O–H groups in total. The zero-order valence-corrected chi connectivity index (χ0v) is 11.4. The highest BCUT2D eigenvalue weighted by Gasteiger charge is 2.46. The molecule has 0 bridgehead atoms. The molecule has 0 saturated carbocycles. The van der Waals surface area contributed by atoms with E-state index in [4.69, 9.17) is 0 Å². The molecule has 0 amide bonds. The third-order valence-electron chi connectivity index (χ3n) is 4.28. The van der Waals surface area contributed by atoms with Gasteiger partial charge in [0.15, 0.2) is 0 Å². The highest BCUT2D eigenvalue weighted by atomic mass is 15.2. The highest BCUT2D eigenvalue weighted by molar-refractivity contribution is 5.68. The van der Waals surface area contributed by atoms with Gasteiger partial charge in [-0.1, -0.05) is 38.6 Å². The first-order chi connectivity index (χ1) is 8.62. The Morgan fingerprint density at radius 3 is 2.94 bits per heavy atom. The highest BCUT2D eigenvalue weighted by Crippen LogP contribution is 2.48. The third kappa shape index (κ3) is 1.67. The van der Waals surface area contributed by atoms with Crippen LogP contribution in [0.3, 0.4) is 0 Å². The first-order valence-corrected chi connectivity index (χ1v) is 6.90. The largest absolute Gasteiger partial charge is 0.358 e. The third-order valence-corrected chi connectivity index (χ3v) is 4.28. The van der Waals surface area contributed by atoms with Crippen LogP contribution in [0.15, 0.2) is 36.5 Å². The van der Waals surface area contributed by atoms with Crippen molar-refractivity contribution in [2.45, 2.75) is 25.7 Å². The average Bonchev–Trinajstić information content (AvgIpc) is 2.84. The van der Waals surface area contributed by atoms with E-state index in [-0.39, 0.29) is 5.41 Å². The zero-order chi connectivity index (χ0) is 12.8. The first kappa shape index (κ1) is 11.8. The summed E-state index contributed by atoms with van der Waals surface area (Å²) in [6.45, 7) is 12.4. The van der Waals surface area contributed by atoms with Crippen molar-refractivity contribution in [3.8, 4) is 0 Å². The Hall–Kier alpha value is -1.28. The predicted octanol–water partition coefficient (Wildman–Crippen LogP) is 3.23. The molecule has 1 aromatic rings. The van der Waals surface area contributed by atoms with Crippen molar-refractivity contribution in [3.63, 3.8) is 0 Å². The molecule has 3 rings (SSSR count). The Kier molecular flexibility index (Phi) is 2.70. The van der Waals surface area contributed by atoms with Crippen LogP contribution in [-0.4, -0.2) is 24.5 Å². The second kappa shape index (κ2) is 4.13. The summed E-state index contributed by atoms with van der Waals surface area (Å²) < 4.78 is 0. The SMILES string of the molecule is C=C1Nc2ccccc2C12CCN(CC(C)C)C2. The standard InChI is InChI=1S/C16H22N2/c1-12(2)10-18-9-8-16(11-18)13(3)17-15-7-5-4-6-14(15)16/h4-7,12,17H,3,8-11H2,1-2H3. The van der Waals surface area contributed by atoms with E-state index in [2.05, 4.69) is 54.9 Å². The summed E-state index contributed by atoms with van der Waals surface area (Å²) in [6.07, 6.45) is 1.20. The van der Waals surface area contributed by atoms with Crippen LogP contribution in [0, 0.1) is 5.92 Å². The van der Waals surface area contributed by atoms with E-state index in [9.17, 15) is 0 Å². The van der Waals surface area contributed by atoms with E-state index in [1.807, 2.05) is 0 Å². The maximum absolute atomic E-state index is 4.28. The summed E-state index contributed by atoms with van der Waals surface area (Å²) in [5.41, 5.74) is 4.05. The summed E-state index contributed by atoms with van der Waals surface area (Å²) in [7, 11) is 0. The normalized spacial score (nSPS) is 26.9. The van der Waals surface area contributed by atoms with Gasteiger partial charge < -0.3 is 10.2 Å². The number of fused-ring (bicyclic) bond motifs is 2. The van der Waals surface area contributed by atoms with Gasteiger partial charge in [0.2, 0.25) is 0 Å². The molecular weight excluding hydrogens is 220 g/mol. The van der Waals surface area contributed by atoms with E-state index in [1.54, 1.807) is 0 Å². The van der Waals surface area contributed by atoms with Gasteiger partial charge in [-0.25, -0.2) is 0 Å². The number of para-hydroxylation sites is 1. The lowest BCUT2D eigenvalue weighted by molar-refractivity contribution is 0.286. The summed E-state index contributed by atoms with van der Waals surface area (Å²) in [5, 5.41) is 3.48. The Morgan fingerprint density at radius 2 is 2.17 bits per heavy atom. The summed E-state index contributed by atoms with van der Waals surface area (Å²) in [5.74, 6) is 0.734. The Balaban J connectivity index is 1.90. The summed E-state index contributed by atoms with van der Waals surface area (Å²) in [6, 6.07) is 8.67. The van der Waals surface area contributed by atoms with Gasteiger partial charge in [0, 0.05) is 24.5 Å². The molecular formula is C16H22N2.